The molecule has 0 radical (unpaired) electrons. The Balaban J connectivity index is 0.00000140. The number of para-hydroxylation sites is 1. The Hall–Kier alpha value is -2.34. The number of nitrogens with one attached hydrogen (secondary N) is 2. The third-order valence-corrected chi connectivity index (χ3v) is 4.75. The molecule has 1 fully saturated rings. The van der Waals surface area contributed by atoms with Crippen LogP contribution < -0.4 is 5.32 Å². The fourth-order valence-corrected chi connectivity index (χ4v) is 3.32. The third-order valence-electron chi connectivity index (χ3n) is 4.75. The molecule has 4 rings (SSSR count). The number of aromatic nitrogens is 2. The summed E-state index contributed by atoms with van der Waals surface area (Å²) < 4.78 is 0. The van der Waals surface area contributed by atoms with Crippen LogP contribution in [0.15, 0.2) is 48.5 Å². The molecular formula is C21H24Cl2N4O. The van der Waals surface area contributed by atoms with E-state index in [2.05, 4.69) is 28.5 Å². The predicted molar refractivity (Wildman–Crippen MR) is 119 cm³/mol. The lowest BCUT2D eigenvalue weighted by Gasteiger charge is -2.32. The molecular weight excluding hydrogens is 395 g/mol. The Kier molecular flexibility index (Phi) is 7.63. The predicted octanol–water partition coefficient (Wildman–Crippen LogP) is 4.01. The van der Waals surface area contributed by atoms with Gasteiger partial charge in [-0.2, -0.15) is 5.10 Å². The molecule has 0 unspecified atom stereocenters. The molecule has 5 nitrogen and oxygen atoms in total. The van der Waals surface area contributed by atoms with E-state index in [9.17, 15) is 4.79 Å². The van der Waals surface area contributed by atoms with Gasteiger partial charge < -0.3 is 10.2 Å². The SMILES string of the molecule is C[C@@H]1CN(C(=O)c2ccc(C=Cc3n[nH]c4ccccc34)cc2)CCN1.Cl.Cl. The molecule has 28 heavy (non-hydrogen) atoms. The molecule has 3 aromatic rings. The molecule has 1 saturated heterocycles. The maximum atomic E-state index is 12.6. The van der Waals surface area contributed by atoms with Gasteiger partial charge in [0.1, 0.15) is 0 Å². The van der Waals surface area contributed by atoms with Gasteiger partial charge in [0.05, 0.1) is 11.2 Å². The number of amides is 1. The van der Waals surface area contributed by atoms with Crippen molar-refractivity contribution in [2.75, 3.05) is 19.6 Å². The fraction of sp³-hybridized carbons (Fsp3) is 0.238. The molecule has 0 aliphatic carbocycles. The standard InChI is InChI=1S/C21H22N4O.2ClH/c1-15-14-25(13-12-22-15)21(26)17-9-6-16(7-10-17)8-11-20-18-4-2-3-5-19(18)23-24-20;;/h2-11,15,22H,12-14H2,1H3,(H,23,24);2*1H/t15-;;/m1../s1. The number of carbonyl (C=O) groups excluding carboxylic acids is 1. The van der Waals surface area contributed by atoms with Crippen LogP contribution in [-0.2, 0) is 0 Å². The molecule has 2 heterocycles. The van der Waals surface area contributed by atoms with Gasteiger partial charge >= 0.3 is 0 Å². The number of hydrogen-bond donors (Lipinski definition) is 2. The number of benzene rings is 2. The molecule has 1 aliphatic heterocycles. The molecule has 1 aliphatic rings. The molecule has 1 amide bonds. The highest BCUT2D eigenvalue weighted by molar-refractivity contribution is 5.95. The zero-order chi connectivity index (χ0) is 17.9. The van der Waals surface area contributed by atoms with Crippen molar-refractivity contribution in [1.82, 2.24) is 20.4 Å². The van der Waals surface area contributed by atoms with Crippen LogP contribution in [0, 0.1) is 0 Å². The van der Waals surface area contributed by atoms with Gasteiger partial charge in [-0.1, -0.05) is 36.4 Å². The van der Waals surface area contributed by atoms with Crippen LogP contribution in [0.1, 0.15) is 28.5 Å². The van der Waals surface area contributed by atoms with Crippen molar-refractivity contribution in [2.45, 2.75) is 13.0 Å². The van der Waals surface area contributed by atoms with Crippen molar-refractivity contribution < 1.29 is 4.79 Å². The van der Waals surface area contributed by atoms with Crippen LogP contribution in [0.25, 0.3) is 23.1 Å². The molecule has 2 aromatic carbocycles. The molecule has 0 bridgehead atoms. The normalized spacial score (nSPS) is 16.6. The van der Waals surface area contributed by atoms with Crippen LogP contribution in [0.4, 0.5) is 0 Å². The summed E-state index contributed by atoms with van der Waals surface area (Å²) in [6.45, 7) is 4.47. The van der Waals surface area contributed by atoms with E-state index in [1.165, 1.54) is 0 Å². The van der Waals surface area contributed by atoms with E-state index in [0.717, 1.165) is 47.4 Å². The molecule has 1 aromatic heterocycles. The summed E-state index contributed by atoms with van der Waals surface area (Å²) in [6, 6.07) is 16.2. The van der Waals surface area contributed by atoms with Crippen LogP contribution in [-0.4, -0.2) is 46.7 Å². The van der Waals surface area contributed by atoms with Crippen LogP contribution in [0.5, 0.6) is 0 Å². The van der Waals surface area contributed by atoms with Crippen LogP contribution in [0.2, 0.25) is 0 Å². The van der Waals surface area contributed by atoms with Gasteiger partial charge in [-0.25, -0.2) is 0 Å². The summed E-state index contributed by atoms with van der Waals surface area (Å²) in [5.41, 5.74) is 3.72. The maximum absolute atomic E-state index is 12.6. The van der Waals surface area contributed by atoms with Crippen molar-refractivity contribution in [3.63, 3.8) is 0 Å². The zero-order valence-electron chi connectivity index (χ0n) is 15.6. The highest BCUT2D eigenvalue weighted by Gasteiger charge is 2.21. The highest BCUT2D eigenvalue weighted by atomic mass is 35.5. The van der Waals surface area contributed by atoms with Gasteiger partial charge in [0, 0.05) is 36.6 Å². The lowest BCUT2D eigenvalue weighted by atomic mass is 10.1. The van der Waals surface area contributed by atoms with E-state index in [0.29, 0.717) is 6.04 Å². The summed E-state index contributed by atoms with van der Waals surface area (Å²) in [5, 5.41) is 11.8. The Bertz CT molecular complexity index is 952. The van der Waals surface area contributed by atoms with E-state index in [1.807, 2.05) is 59.5 Å². The lowest BCUT2D eigenvalue weighted by Crippen LogP contribution is -2.51. The van der Waals surface area contributed by atoms with Gasteiger partial charge in [-0.3, -0.25) is 9.89 Å². The number of aromatic amines is 1. The number of halogens is 2. The number of hydrogen-bond acceptors (Lipinski definition) is 3. The van der Waals surface area contributed by atoms with Crippen molar-refractivity contribution >= 4 is 53.8 Å². The first-order valence-electron chi connectivity index (χ1n) is 8.94. The van der Waals surface area contributed by atoms with Crippen molar-refractivity contribution in [1.29, 1.82) is 0 Å². The number of H-pyrrole nitrogens is 1. The van der Waals surface area contributed by atoms with Crippen molar-refractivity contribution in [3.05, 3.63) is 65.4 Å². The van der Waals surface area contributed by atoms with Gasteiger partial charge in [-0.05, 0) is 36.8 Å². The molecule has 0 saturated carbocycles. The average Bonchev–Trinajstić information content (AvgIpc) is 3.09. The zero-order valence-corrected chi connectivity index (χ0v) is 17.2. The monoisotopic (exact) mass is 418 g/mol. The van der Waals surface area contributed by atoms with Crippen LogP contribution >= 0.6 is 24.8 Å². The summed E-state index contributed by atoms with van der Waals surface area (Å²) >= 11 is 0. The van der Waals surface area contributed by atoms with Crippen molar-refractivity contribution in [3.8, 4) is 0 Å². The smallest absolute Gasteiger partial charge is 0.253 e. The molecule has 1 atom stereocenters. The second kappa shape index (κ2) is 9.73. The van der Waals surface area contributed by atoms with E-state index in [4.69, 9.17) is 0 Å². The fourth-order valence-electron chi connectivity index (χ4n) is 3.32. The number of rotatable bonds is 3. The summed E-state index contributed by atoms with van der Waals surface area (Å²) in [7, 11) is 0. The second-order valence-corrected chi connectivity index (χ2v) is 6.72. The highest BCUT2D eigenvalue weighted by Crippen LogP contribution is 2.18. The first kappa shape index (κ1) is 22.0. The first-order valence-corrected chi connectivity index (χ1v) is 8.94. The summed E-state index contributed by atoms with van der Waals surface area (Å²) in [4.78, 5) is 14.5. The largest absolute Gasteiger partial charge is 0.336 e. The molecule has 0 spiro atoms. The number of nitrogens with zero attached hydrogens (tertiary/aromatic N) is 2. The summed E-state index contributed by atoms with van der Waals surface area (Å²) in [5.74, 6) is 0.104. The van der Waals surface area contributed by atoms with E-state index in [-0.39, 0.29) is 30.7 Å². The molecule has 7 heteroatoms. The topological polar surface area (TPSA) is 61.0 Å². The Labute approximate surface area is 177 Å². The minimum Gasteiger partial charge on any atom is -0.336 e. The molecule has 2 N–H and O–H groups in total. The molecule has 148 valence electrons. The quantitative estimate of drug-likeness (QED) is 0.675. The van der Waals surface area contributed by atoms with E-state index < -0.39 is 0 Å². The van der Waals surface area contributed by atoms with E-state index in [1.54, 1.807) is 0 Å². The minimum absolute atomic E-state index is 0. The number of piperazine rings is 1. The summed E-state index contributed by atoms with van der Waals surface area (Å²) in [6.07, 6.45) is 4.01. The lowest BCUT2D eigenvalue weighted by molar-refractivity contribution is 0.0709. The van der Waals surface area contributed by atoms with Gasteiger partial charge in [0.25, 0.3) is 5.91 Å². The van der Waals surface area contributed by atoms with E-state index >= 15 is 0 Å². The Morgan fingerprint density at radius 2 is 1.86 bits per heavy atom. The van der Waals surface area contributed by atoms with Gasteiger partial charge in [-0.15, -0.1) is 24.8 Å². The van der Waals surface area contributed by atoms with Gasteiger partial charge in [0.2, 0.25) is 0 Å². The number of fused-ring (bicyclic) bond motifs is 1. The third kappa shape index (κ3) is 4.73. The van der Waals surface area contributed by atoms with Gasteiger partial charge in [0.15, 0.2) is 0 Å². The second-order valence-electron chi connectivity index (χ2n) is 6.72. The van der Waals surface area contributed by atoms with Crippen molar-refractivity contribution in [2.24, 2.45) is 0 Å². The first-order chi connectivity index (χ1) is 12.7. The number of carbonyl (C=O) groups is 1. The Morgan fingerprint density at radius 3 is 2.61 bits per heavy atom. The minimum atomic E-state index is 0. The van der Waals surface area contributed by atoms with Crippen LogP contribution in [0.3, 0.4) is 0 Å². The average molecular weight is 419 g/mol. The Morgan fingerprint density at radius 1 is 1.11 bits per heavy atom. The maximum Gasteiger partial charge on any atom is 0.253 e.